The minimum Gasteiger partial charge on any atom is -0.493 e. The van der Waals surface area contributed by atoms with Gasteiger partial charge in [0.1, 0.15) is 5.75 Å². The van der Waals surface area contributed by atoms with Crippen LogP contribution in [0.3, 0.4) is 0 Å². The zero-order valence-electron chi connectivity index (χ0n) is 11.6. The molecule has 0 bridgehead atoms. The zero-order chi connectivity index (χ0) is 13.7. The van der Waals surface area contributed by atoms with Gasteiger partial charge in [-0.1, -0.05) is 53.2 Å². The maximum Gasteiger partial charge on any atom is 0.122 e. The van der Waals surface area contributed by atoms with Crippen LogP contribution in [0.4, 0.5) is 0 Å². The van der Waals surface area contributed by atoms with E-state index in [2.05, 4.69) is 22.9 Å². The molecule has 1 fully saturated rings. The first kappa shape index (κ1) is 15.2. The normalized spacial score (nSPS) is 18.9. The Bertz CT molecular complexity index is 411. The van der Waals surface area contributed by atoms with E-state index >= 15 is 0 Å². The molecule has 1 aromatic carbocycles. The molecule has 0 aliphatic heterocycles. The second-order valence-electron chi connectivity index (χ2n) is 5.75. The molecule has 19 heavy (non-hydrogen) atoms. The summed E-state index contributed by atoms with van der Waals surface area (Å²) in [6, 6.07) is 5.85. The van der Waals surface area contributed by atoms with Crippen molar-refractivity contribution in [2.24, 2.45) is 5.41 Å². The molecule has 1 saturated carbocycles. The van der Waals surface area contributed by atoms with Gasteiger partial charge in [-0.15, -0.1) is 0 Å². The molecule has 106 valence electrons. The smallest absolute Gasteiger partial charge is 0.122 e. The van der Waals surface area contributed by atoms with E-state index in [-0.39, 0.29) is 0 Å². The molecule has 1 aliphatic carbocycles. The molecule has 1 nitrogen and oxygen atoms in total. The molecule has 0 saturated heterocycles. The second kappa shape index (κ2) is 6.99. The van der Waals surface area contributed by atoms with Crippen molar-refractivity contribution in [2.45, 2.75) is 45.4 Å². The summed E-state index contributed by atoms with van der Waals surface area (Å²) in [6.07, 6.45) is 7.93. The summed E-state index contributed by atoms with van der Waals surface area (Å²) >= 11 is 9.68. The van der Waals surface area contributed by atoms with E-state index < -0.39 is 0 Å². The standard InChI is InChI=1S/C16H22BrClO/c1-13-10-14(18)6-7-15(13)19-12-16(11-17)8-4-2-3-5-9-16/h6-7,10H,2-5,8-9,11-12H2,1H3. The third-order valence-electron chi connectivity index (χ3n) is 4.12. The third-order valence-corrected chi connectivity index (χ3v) is 5.54. The minimum absolute atomic E-state index is 0.308. The molecule has 1 aromatic rings. The number of hydrogen-bond donors (Lipinski definition) is 0. The Morgan fingerprint density at radius 2 is 1.89 bits per heavy atom. The van der Waals surface area contributed by atoms with Crippen LogP contribution in [0.15, 0.2) is 18.2 Å². The molecule has 0 spiro atoms. The average Bonchev–Trinajstić information content (AvgIpc) is 2.64. The highest BCUT2D eigenvalue weighted by Gasteiger charge is 2.30. The molecule has 0 heterocycles. The van der Waals surface area contributed by atoms with Crippen molar-refractivity contribution in [3.05, 3.63) is 28.8 Å². The van der Waals surface area contributed by atoms with Crippen molar-refractivity contribution < 1.29 is 4.74 Å². The van der Waals surface area contributed by atoms with Crippen molar-refractivity contribution in [3.8, 4) is 5.75 Å². The number of rotatable bonds is 4. The fourth-order valence-electron chi connectivity index (χ4n) is 2.80. The number of halogens is 2. The third kappa shape index (κ3) is 4.13. The van der Waals surface area contributed by atoms with Gasteiger partial charge >= 0.3 is 0 Å². The van der Waals surface area contributed by atoms with E-state index in [0.717, 1.165) is 28.3 Å². The Hall–Kier alpha value is -0.210. The van der Waals surface area contributed by atoms with Gasteiger partial charge in [0.25, 0.3) is 0 Å². The topological polar surface area (TPSA) is 9.23 Å². The predicted octanol–water partition coefficient (Wildman–Crippen LogP) is 5.76. The number of hydrogen-bond acceptors (Lipinski definition) is 1. The van der Waals surface area contributed by atoms with E-state index in [0.29, 0.717) is 5.41 Å². The SMILES string of the molecule is Cc1cc(Cl)ccc1OCC1(CBr)CCCCCC1. The summed E-state index contributed by atoms with van der Waals surface area (Å²) < 4.78 is 6.09. The summed E-state index contributed by atoms with van der Waals surface area (Å²) in [7, 11) is 0. The van der Waals surface area contributed by atoms with Crippen LogP contribution in [-0.4, -0.2) is 11.9 Å². The molecule has 0 atom stereocenters. The summed E-state index contributed by atoms with van der Waals surface area (Å²) in [5.74, 6) is 0.967. The zero-order valence-corrected chi connectivity index (χ0v) is 13.9. The lowest BCUT2D eigenvalue weighted by atomic mass is 9.83. The monoisotopic (exact) mass is 344 g/mol. The lowest BCUT2D eigenvalue weighted by Gasteiger charge is -2.30. The van der Waals surface area contributed by atoms with Gasteiger partial charge in [0.15, 0.2) is 0 Å². The minimum atomic E-state index is 0.308. The Morgan fingerprint density at radius 1 is 1.21 bits per heavy atom. The van der Waals surface area contributed by atoms with Crippen LogP contribution in [0.1, 0.15) is 44.1 Å². The lowest BCUT2D eigenvalue weighted by molar-refractivity contribution is 0.148. The first-order valence-corrected chi connectivity index (χ1v) is 8.60. The van der Waals surface area contributed by atoms with Crippen LogP contribution in [0.2, 0.25) is 5.02 Å². The van der Waals surface area contributed by atoms with Gasteiger partial charge in [-0.05, 0) is 43.5 Å². The van der Waals surface area contributed by atoms with Gasteiger partial charge < -0.3 is 4.74 Å². The molecule has 0 N–H and O–H groups in total. The number of alkyl halides is 1. The highest BCUT2D eigenvalue weighted by molar-refractivity contribution is 9.09. The Balaban J connectivity index is 2.02. The highest BCUT2D eigenvalue weighted by Crippen LogP contribution is 2.37. The average molecular weight is 346 g/mol. The number of benzene rings is 1. The van der Waals surface area contributed by atoms with Crippen LogP contribution >= 0.6 is 27.5 Å². The first-order chi connectivity index (χ1) is 9.15. The molecular formula is C16H22BrClO. The Morgan fingerprint density at radius 3 is 2.47 bits per heavy atom. The highest BCUT2D eigenvalue weighted by atomic mass is 79.9. The number of aryl methyl sites for hydroxylation is 1. The largest absolute Gasteiger partial charge is 0.493 e. The molecule has 3 heteroatoms. The van der Waals surface area contributed by atoms with Crippen molar-refractivity contribution in [2.75, 3.05) is 11.9 Å². The molecule has 0 amide bonds. The summed E-state index contributed by atoms with van der Waals surface area (Å²) in [5.41, 5.74) is 1.42. The molecular weight excluding hydrogens is 324 g/mol. The maximum absolute atomic E-state index is 6.09. The van der Waals surface area contributed by atoms with E-state index in [4.69, 9.17) is 16.3 Å². The van der Waals surface area contributed by atoms with Gasteiger partial charge in [0.05, 0.1) is 6.61 Å². The van der Waals surface area contributed by atoms with Crippen LogP contribution in [0.5, 0.6) is 5.75 Å². The quantitative estimate of drug-likeness (QED) is 0.498. The van der Waals surface area contributed by atoms with E-state index in [1.165, 1.54) is 38.5 Å². The van der Waals surface area contributed by atoms with Crippen LogP contribution in [0.25, 0.3) is 0 Å². The second-order valence-corrected chi connectivity index (χ2v) is 6.74. The predicted molar refractivity (Wildman–Crippen MR) is 85.6 cm³/mol. The maximum atomic E-state index is 6.09. The van der Waals surface area contributed by atoms with Crippen LogP contribution < -0.4 is 4.74 Å². The molecule has 1 aliphatic rings. The fraction of sp³-hybridized carbons (Fsp3) is 0.625. The summed E-state index contributed by atoms with van der Waals surface area (Å²) in [4.78, 5) is 0. The van der Waals surface area contributed by atoms with Gasteiger partial charge in [-0.25, -0.2) is 0 Å². The van der Waals surface area contributed by atoms with E-state index in [1.54, 1.807) is 0 Å². The fourth-order valence-corrected chi connectivity index (χ4v) is 3.75. The van der Waals surface area contributed by atoms with Crippen molar-refractivity contribution in [3.63, 3.8) is 0 Å². The molecule has 0 radical (unpaired) electrons. The summed E-state index contributed by atoms with van der Waals surface area (Å²) in [6.45, 7) is 2.86. The molecule has 0 unspecified atom stereocenters. The van der Waals surface area contributed by atoms with Gasteiger partial charge in [-0.3, -0.25) is 0 Å². The Kier molecular flexibility index (Phi) is 5.58. The number of ether oxygens (including phenoxy) is 1. The molecule has 0 aromatic heterocycles. The van der Waals surface area contributed by atoms with Gasteiger partial charge in [0.2, 0.25) is 0 Å². The first-order valence-electron chi connectivity index (χ1n) is 7.10. The van der Waals surface area contributed by atoms with Crippen LogP contribution in [-0.2, 0) is 0 Å². The van der Waals surface area contributed by atoms with Gasteiger partial charge in [-0.2, -0.15) is 0 Å². The Labute approximate surface area is 129 Å². The summed E-state index contributed by atoms with van der Waals surface area (Å²) in [5, 5.41) is 1.81. The van der Waals surface area contributed by atoms with E-state index in [1.807, 2.05) is 18.2 Å². The van der Waals surface area contributed by atoms with Gasteiger partial charge in [0, 0.05) is 15.8 Å². The van der Waals surface area contributed by atoms with Crippen molar-refractivity contribution in [1.29, 1.82) is 0 Å². The lowest BCUT2D eigenvalue weighted by Crippen LogP contribution is -2.30. The van der Waals surface area contributed by atoms with Crippen molar-refractivity contribution in [1.82, 2.24) is 0 Å². The van der Waals surface area contributed by atoms with E-state index in [9.17, 15) is 0 Å². The molecule has 2 rings (SSSR count). The van der Waals surface area contributed by atoms with Crippen LogP contribution in [0, 0.1) is 12.3 Å². The van der Waals surface area contributed by atoms with Crippen molar-refractivity contribution >= 4 is 27.5 Å².